The second kappa shape index (κ2) is 4.14. The molecule has 0 unspecified atom stereocenters. The van der Waals surface area contributed by atoms with Crippen LogP contribution in [0.5, 0.6) is 0 Å². The molecule has 0 bridgehead atoms. The van der Waals surface area contributed by atoms with Crippen LogP contribution >= 0.6 is 0 Å². The molecule has 0 fully saturated rings. The fraction of sp³-hybridized carbons (Fsp3) is 0.0769. The Morgan fingerprint density at radius 3 is 2.53 bits per heavy atom. The molecule has 2 rings (SSSR count). The Labute approximate surface area is 98.9 Å². The third-order valence-corrected chi connectivity index (χ3v) is 2.53. The van der Waals surface area contributed by atoms with E-state index in [1.807, 2.05) is 36.4 Å². The molecule has 1 heterocycles. The second-order valence-corrected chi connectivity index (χ2v) is 3.68. The quantitative estimate of drug-likeness (QED) is 0.796. The van der Waals surface area contributed by atoms with E-state index < -0.39 is 0 Å². The summed E-state index contributed by atoms with van der Waals surface area (Å²) < 4.78 is 1.65. The van der Waals surface area contributed by atoms with Crippen LogP contribution in [0.3, 0.4) is 0 Å². The molecule has 0 aliphatic heterocycles. The van der Waals surface area contributed by atoms with E-state index in [0.717, 1.165) is 5.69 Å². The number of carbonyl (C=O) groups is 1. The number of nitrogens with two attached hydrogens (primary N) is 1. The Morgan fingerprint density at radius 2 is 2.00 bits per heavy atom. The Kier molecular flexibility index (Phi) is 2.67. The van der Waals surface area contributed by atoms with Crippen LogP contribution in [0, 0.1) is 11.3 Å². The van der Waals surface area contributed by atoms with Crippen molar-refractivity contribution in [2.24, 2.45) is 0 Å². The van der Waals surface area contributed by atoms with Crippen molar-refractivity contribution in [3.8, 4) is 11.8 Å². The van der Waals surface area contributed by atoms with Crippen LogP contribution < -0.4 is 5.73 Å². The molecule has 2 aromatic rings. The van der Waals surface area contributed by atoms with E-state index >= 15 is 0 Å². The van der Waals surface area contributed by atoms with Crippen molar-refractivity contribution in [3.63, 3.8) is 0 Å². The van der Waals surface area contributed by atoms with E-state index in [9.17, 15) is 4.79 Å². The topological polar surface area (TPSA) is 71.8 Å². The standard InChI is InChI=1S/C13H11N3O/c1-9(17)13-12(15)10(7-14)8-16(13)11-5-3-2-4-6-11/h2-6,8H,15H2,1H3. The molecule has 0 radical (unpaired) electrons. The molecular formula is C13H11N3O. The molecular weight excluding hydrogens is 214 g/mol. The number of benzene rings is 1. The van der Waals surface area contributed by atoms with Gasteiger partial charge in [-0.25, -0.2) is 0 Å². The maximum absolute atomic E-state index is 11.6. The van der Waals surface area contributed by atoms with Gasteiger partial charge in [0.1, 0.15) is 11.8 Å². The van der Waals surface area contributed by atoms with Crippen LogP contribution in [0.4, 0.5) is 5.69 Å². The number of nitrogens with zero attached hydrogens (tertiary/aromatic N) is 2. The van der Waals surface area contributed by atoms with Crippen molar-refractivity contribution in [1.82, 2.24) is 4.57 Å². The molecule has 0 saturated heterocycles. The second-order valence-electron chi connectivity index (χ2n) is 3.68. The minimum atomic E-state index is -0.159. The van der Waals surface area contributed by atoms with Gasteiger partial charge in [0.05, 0.1) is 11.3 Å². The number of ketones is 1. The van der Waals surface area contributed by atoms with Crippen molar-refractivity contribution in [2.45, 2.75) is 6.92 Å². The molecule has 17 heavy (non-hydrogen) atoms. The summed E-state index contributed by atoms with van der Waals surface area (Å²) in [7, 11) is 0. The lowest BCUT2D eigenvalue weighted by molar-refractivity contribution is 0.101. The van der Waals surface area contributed by atoms with Crippen molar-refractivity contribution < 1.29 is 4.79 Å². The van der Waals surface area contributed by atoms with Crippen LogP contribution in [0.25, 0.3) is 5.69 Å². The van der Waals surface area contributed by atoms with Crippen LogP contribution in [0.15, 0.2) is 36.5 Å². The molecule has 4 heteroatoms. The lowest BCUT2D eigenvalue weighted by Gasteiger charge is -2.06. The largest absolute Gasteiger partial charge is 0.396 e. The molecule has 1 aromatic carbocycles. The molecule has 4 nitrogen and oxygen atoms in total. The van der Waals surface area contributed by atoms with E-state index in [0.29, 0.717) is 11.3 Å². The third-order valence-electron chi connectivity index (χ3n) is 2.53. The summed E-state index contributed by atoms with van der Waals surface area (Å²) in [4.78, 5) is 11.6. The zero-order valence-corrected chi connectivity index (χ0v) is 9.34. The highest BCUT2D eigenvalue weighted by Gasteiger charge is 2.17. The molecule has 0 aliphatic carbocycles. The third kappa shape index (κ3) is 1.79. The van der Waals surface area contributed by atoms with Gasteiger partial charge in [0.15, 0.2) is 5.78 Å². The number of anilines is 1. The van der Waals surface area contributed by atoms with Crippen molar-refractivity contribution >= 4 is 11.5 Å². The minimum Gasteiger partial charge on any atom is -0.396 e. The summed E-state index contributed by atoms with van der Waals surface area (Å²) in [5.41, 5.74) is 7.51. The van der Waals surface area contributed by atoms with Gasteiger partial charge < -0.3 is 10.3 Å². The molecule has 0 aliphatic rings. The lowest BCUT2D eigenvalue weighted by Crippen LogP contribution is -2.06. The van der Waals surface area contributed by atoms with Gasteiger partial charge in [-0.1, -0.05) is 18.2 Å². The Balaban J connectivity index is 2.71. The van der Waals surface area contributed by atoms with Gasteiger partial charge in [0.2, 0.25) is 0 Å². The first-order valence-electron chi connectivity index (χ1n) is 5.12. The summed E-state index contributed by atoms with van der Waals surface area (Å²) in [5, 5.41) is 8.93. The van der Waals surface area contributed by atoms with Gasteiger partial charge in [0.25, 0.3) is 0 Å². The summed E-state index contributed by atoms with van der Waals surface area (Å²) >= 11 is 0. The number of rotatable bonds is 2. The Morgan fingerprint density at radius 1 is 1.35 bits per heavy atom. The number of carbonyl (C=O) groups excluding carboxylic acids is 1. The van der Waals surface area contributed by atoms with Crippen molar-refractivity contribution in [3.05, 3.63) is 47.8 Å². The summed E-state index contributed by atoms with van der Waals surface area (Å²) in [6.07, 6.45) is 1.58. The molecule has 0 spiro atoms. The van der Waals surface area contributed by atoms with E-state index in [2.05, 4.69) is 0 Å². The zero-order chi connectivity index (χ0) is 12.4. The predicted octanol–water partition coefficient (Wildman–Crippen LogP) is 2.13. The van der Waals surface area contributed by atoms with Crippen LogP contribution in [0.1, 0.15) is 23.0 Å². The lowest BCUT2D eigenvalue weighted by atomic mass is 10.2. The number of nitrogen functional groups attached to an aromatic ring is 1. The van der Waals surface area contributed by atoms with E-state index in [-0.39, 0.29) is 11.5 Å². The molecule has 84 valence electrons. The highest BCUT2D eigenvalue weighted by atomic mass is 16.1. The zero-order valence-electron chi connectivity index (χ0n) is 9.34. The van der Waals surface area contributed by atoms with E-state index in [1.54, 1.807) is 10.8 Å². The van der Waals surface area contributed by atoms with Crippen LogP contribution in [0.2, 0.25) is 0 Å². The maximum atomic E-state index is 11.6. The number of para-hydroxylation sites is 1. The first kappa shape index (κ1) is 11.0. The van der Waals surface area contributed by atoms with Gasteiger partial charge in [-0.05, 0) is 12.1 Å². The molecule has 0 amide bonds. The molecule has 0 saturated carbocycles. The SMILES string of the molecule is CC(=O)c1c(N)c(C#N)cn1-c1ccccc1. The fourth-order valence-electron chi connectivity index (χ4n) is 1.76. The summed E-state index contributed by atoms with van der Waals surface area (Å²) in [5.74, 6) is -0.159. The van der Waals surface area contributed by atoms with Crippen molar-refractivity contribution in [1.29, 1.82) is 5.26 Å². The number of hydrogen-bond donors (Lipinski definition) is 1. The van der Waals surface area contributed by atoms with E-state index in [1.165, 1.54) is 6.92 Å². The van der Waals surface area contributed by atoms with E-state index in [4.69, 9.17) is 11.0 Å². The fourth-order valence-corrected chi connectivity index (χ4v) is 1.76. The normalized spacial score (nSPS) is 9.88. The first-order valence-corrected chi connectivity index (χ1v) is 5.12. The van der Waals surface area contributed by atoms with Crippen molar-refractivity contribution in [2.75, 3.05) is 5.73 Å². The van der Waals surface area contributed by atoms with Crippen LogP contribution in [-0.4, -0.2) is 10.4 Å². The summed E-state index contributed by atoms with van der Waals surface area (Å²) in [6.45, 7) is 1.44. The van der Waals surface area contributed by atoms with Gasteiger partial charge in [-0.2, -0.15) is 5.26 Å². The Bertz CT molecular complexity index is 606. The highest BCUT2D eigenvalue weighted by molar-refractivity contribution is 5.99. The average molecular weight is 225 g/mol. The number of hydrogen-bond acceptors (Lipinski definition) is 3. The predicted molar refractivity (Wildman–Crippen MR) is 64.9 cm³/mol. The maximum Gasteiger partial charge on any atom is 0.178 e. The molecule has 1 aromatic heterocycles. The first-order chi connectivity index (χ1) is 8.15. The highest BCUT2D eigenvalue weighted by Crippen LogP contribution is 2.23. The van der Waals surface area contributed by atoms with Crippen LogP contribution in [-0.2, 0) is 0 Å². The number of aromatic nitrogens is 1. The summed E-state index contributed by atoms with van der Waals surface area (Å²) in [6, 6.07) is 11.3. The van der Waals surface area contributed by atoms with Gasteiger partial charge in [-0.3, -0.25) is 4.79 Å². The molecule has 0 atom stereocenters. The van der Waals surface area contributed by atoms with Gasteiger partial charge in [0, 0.05) is 18.8 Å². The van der Waals surface area contributed by atoms with Gasteiger partial charge >= 0.3 is 0 Å². The molecule has 2 N–H and O–H groups in total. The number of Topliss-reactive ketones (excluding diaryl/α,β-unsaturated/α-hetero) is 1. The smallest absolute Gasteiger partial charge is 0.178 e. The van der Waals surface area contributed by atoms with Gasteiger partial charge in [-0.15, -0.1) is 0 Å². The minimum absolute atomic E-state index is 0.159. The number of nitriles is 1. The Hall–Kier alpha value is -2.54. The monoisotopic (exact) mass is 225 g/mol. The average Bonchev–Trinajstić information content (AvgIpc) is 2.67.